The number of benzene rings is 2. The van der Waals surface area contributed by atoms with Crippen molar-refractivity contribution in [3.63, 3.8) is 0 Å². The van der Waals surface area contributed by atoms with Gasteiger partial charge in [0.1, 0.15) is 0 Å². The molecule has 0 aliphatic rings. The number of nitrogens with one attached hydrogen (secondary N) is 1. The minimum atomic E-state index is 0.366. The molecule has 0 spiro atoms. The first kappa shape index (κ1) is 15.4. The van der Waals surface area contributed by atoms with Crippen LogP contribution < -0.4 is 5.32 Å². The topological polar surface area (TPSA) is 12.0 Å². The minimum Gasteiger partial charge on any atom is -0.310 e. The highest BCUT2D eigenvalue weighted by atomic mass is 35.5. The second-order valence-corrected chi connectivity index (χ2v) is 5.99. The minimum absolute atomic E-state index is 0.366. The summed E-state index contributed by atoms with van der Waals surface area (Å²) in [6.45, 7) is 5.10. The van der Waals surface area contributed by atoms with Gasteiger partial charge in [0.25, 0.3) is 0 Å². The molecular weight excluding hydrogens is 289 g/mol. The summed E-state index contributed by atoms with van der Waals surface area (Å²) in [6.07, 6.45) is 0.923. The molecule has 0 aliphatic carbocycles. The summed E-state index contributed by atoms with van der Waals surface area (Å²) in [5.74, 6) is 0. The molecule has 1 unspecified atom stereocenters. The van der Waals surface area contributed by atoms with Crippen molar-refractivity contribution in [3.8, 4) is 0 Å². The highest BCUT2D eigenvalue weighted by Gasteiger charge is 2.07. The van der Waals surface area contributed by atoms with Gasteiger partial charge in [0.15, 0.2) is 0 Å². The molecule has 0 bridgehead atoms. The Labute approximate surface area is 130 Å². The summed E-state index contributed by atoms with van der Waals surface area (Å²) >= 11 is 12.2. The number of hydrogen-bond acceptors (Lipinski definition) is 1. The summed E-state index contributed by atoms with van der Waals surface area (Å²) < 4.78 is 0. The lowest BCUT2D eigenvalue weighted by molar-refractivity contribution is 0.544. The van der Waals surface area contributed by atoms with Crippen LogP contribution in [0.15, 0.2) is 42.5 Å². The van der Waals surface area contributed by atoms with Gasteiger partial charge in [-0.3, -0.25) is 0 Å². The molecule has 1 nitrogen and oxygen atoms in total. The third kappa shape index (κ3) is 4.24. The maximum Gasteiger partial charge on any atom is 0.0438 e. The maximum atomic E-state index is 6.19. The lowest BCUT2D eigenvalue weighted by Crippen LogP contribution is -2.27. The van der Waals surface area contributed by atoms with Crippen LogP contribution in [0.5, 0.6) is 0 Å². The van der Waals surface area contributed by atoms with Gasteiger partial charge in [-0.25, -0.2) is 0 Å². The van der Waals surface area contributed by atoms with Crippen LogP contribution in [0, 0.1) is 6.92 Å². The summed E-state index contributed by atoms with van der Waals surface area (Å²) in [4.78, 5) is 0. The molecule has 0 saturated carbocycles. The zero-order valence-electron chi connectivity index (χ0n) is 11.8. The SMILES string of the molecule is Cc1cc(Cl)ccc1CNC(C)Cc1ccccc1Cl. The van der Waals surface area contributed by atoms with Crippen LogP contribution >= 0.6 is 23.2 Å². The van der Waals surface area contributed by atoms with Crippen LogP contribution in [0.3, 0.4) is 0 Å². The van der Waals surface area contributed by atoms with Gasteiger partial charge >= 0.3 is 0 Å². The Morgan fingerprint density at radius 2 is 1.80 bits per heavy atom. The Kier molecular flexibility index (Phi) is 5.47. The average Bonchev–Trinajstić information content (AvgIpc) is 2.40. The monoisotopic (exact) mass is 307 g/mol. The van der Waals surface area contributed by atoms with Crippen LogP contribution in [0.2, 0.25) is 10.0 Å². The van der Waals surface area contributed by atoms with Gasteiger partial charge in [-0.05, 0) is 55.2 Å². The van der Waals surface area contributed by atoms with Gasteiger partial charge < -0.3 is 5.32 Å². The van der Waals surface area contributed by atoms with Crippen molar-refractivity contribution >= 4 is 23.2 Å². The Hall–Kier alpha value is -1.02. The van der Waals surface area contributed by atoms with Crippen molar-refractivity contribution in [2.24, 2.45) is 0 Å². The summed E-state index contributed by atoms with van der Waals surface area (Å²) in [7, 11) is 0. The Morgan fingerprint density at radius 1 is 1.05 bits per heavy atom. The Bertz CT molecular complexity index is 581. The van der Waals surface area contributed by atoms with Crippen LogP contribution in [0.4, 0.5) is 0 Å². The van der Waals surface area contributed by atoms with E-state index in [0.717, 1.165) is 23.0 Å². The molecule has 3 heteroatoms. The Morgan fingerprint density at radius 3 is 2.50 bits per heavy atom. The number of rotatable bonds is 5. The summed E-state index contributed by atoms with van der Waals surface area (Å²) in [5, 5.41) is 5.16. The van der Waals surface area contributed by atoms with E-state index in [-0.39, 0.29) is 0 Å². The Balaban J connectivity index is 1.92. The molecule has 106 valence electrons. The lowest BCUT2D eigenvalue weighted by Gasteiger charge is -2.16. The first-order valence-electron chi connectivity index (χ1n) is 6.78. The van der Waals surface area contributed by atoms with Crippen molar-refractivity contribution < 1.29 is 0 Å². The molecule has 0 aliphatic heterocycles. The molecule has 0 fully saturated rings. The van der Waals surface area contributed by atoms with E-state index in [9.17, 15) is 0 Å². The molecule has 0 amide bonds. The van der Waals surface area contributed by atoms with E-state index in [0.29, 0.717) is 6.04 Å². The quantitative estimate of drug-likeness (QED) is 0.817. The van der Waals surface area contributed by atoms with Crippen molar-refractivity contribution in [2.45, 2.75) is 32.9 Å². The van der Waals surface area contributed by atoms with Crippen molar-refractivity contribution in [1.29, 1.82) is 0 Å². The smallest absolute Gasteiger partial charge is 0.0438 e. The molecule has 0 aromatic heterocycles. The predicted molar refractivity (Wildman–Crippen MR) is 87.6 cm³/mol. The number of aryl methyl sites for hydroxylation is 1. The van der Waals surface area contributed by atoms with Crippen molar-refractivity contribution in [1.82, 2.24) is 5.32 Å². The second-order valence-electron chi connectivity index (χ2n) is 5.15. The summed E-state index contributed by atoms with van der Waals surface area (Å²) in [5.41, 5.74) is 3.68. The molecule has 1 atom stereocenters. The van der Waals surface area contributed by atoms with Crippen LogP contribution in [0.1, 0.15) is 23.6 Å². The van der Waals surface area contributed by atoms with Gasteiger partial charge in [-0.1, -0.05) is 47.5 Å². The van der Waals surface area contributed by atoms with E-state index in [2.05, 4.69) is 31.3 Å². The van der Waals surface area contributed by atoms with E-state index in [1.54, 1.807) is 0 Å². The van der Waals surface area contributed by atoms with Crippen molar-refractivity contribution in [3.05, 3.63) is 69.2 Å². The standard InChI is InChI=1S/C17H19Cl2N/c1-12-9-16(18)8-7-15(12)11-20-13(2)10-14-5-3-4-6-17(14)19/h3-9,13,20H,10-11H2,1-2H3. The number of hydrogen-bond donors (Lipinski definition) is 1. The highest BCUT2D eigenvalue weighted by molar-refractivity contribution is 6.31. The van der Waals surface area contributed by atoms with Gasteiger partial charge in [0.2, 0.25) is 0 Å². The average molecular weight is 308 g/mol. The van der Waals surface area contributed by atoms with E-state index < -0.39 is 0 Å². The van der Waals surface area contributed by atoms with Crippen LogP contribution in [-0.4, -0.2) is 6.04 Å². The molecule has 2 aromatic carbocycles. The van der Waals surface area contributed by atoms with Crippen LogP contribution in [-0.2, 0) is 13.0 Å². The zero-order valence-corrected chi connectivity index (χ0v) is 13.3. The molecule has 0 heterocycles. The fourth-order valence-corrected chi connectivity index (χ4v) is 2.65. The first-order valence-corrected chi connectivity index (χ1v) is 7.53. The van der Waals surface area contributed by atoms with Gasteiger partial charge in [0.05, 0.1) is 0 Å². The van der Waals surface area contributed by atoms with E-state index in [4.69, 9.17) is 23.2 Å². The highest BCUT2D eigenvalue weighted by Crippen LogP contribution is 2.18. The maximum absolute atomic E-state index is 6.19. The molecule has 2 rings (SSSR count). The summed E-state index contributed by atoms with van der Waals surface area (Å²) in [6, 6.07) is 14.4. The van der Waals surface area contributed by atoms with Crippen molar-refractivity contribution in [2.75, 3.05) is 0 Å². The normalized spacial score (nSPS) is 12.4. The van der Waals surface area contributed by atoms with Gasteiger partial charge in [-0.2, -0.15) is 0 Å². The predicted octanol–water partition coefficient (Wildman–Crippen LogP) is 5.02. The largest absolute Gasteiger partial charge is 0.310 e. The molecular formula is C17H19Cl2N. The fraction of sp³-hybridized carbons (Fsp3) is 0.294. The van der Waals surface area contributed by atoms with E-state index in [1.165, 1.54) is 16.7 Å². The zero-order chi connectivity index (χ0) is 14.5. The number of halogens is 2. The third-order valence-electron chi connectivity index (χ3n) is 3.43. The third-order valence-corrected chi connectivity index (χ3v) is 4.03. The molecule has 0 saturated heterocycles. The molecule has 0 radical (unpaired) electrons. The fourth-order valence-electron chi connectivity index (χ4n) is 2.21. The van der Waals surface area contributed by atoms with Gasteiger partial charge in [-0.15, -0.1) is 0 Å². The van der Waals surface area contributed by atoms with E-state index >= 15 is 0 Å². The first-order chi connectivity index (χ1) is 9.56. The lowest BCUT2D eigenvalue weighted by atomic mass is 10.1. The van der Waals surface area contributed by atoms with Gasteiger partial charge in [0, 0.05) is 22.6 Å². The molecule has 2 aromatic rings. The molecule has 1 N–H and O–H groups in total. The second kappa shape index (κ2) is 7.12. The molecule has 20 heavy (non-hydrogen) atoms. The van der Waals surface area contributed by atoms with Crippen LogP contribution in [0.25, 0.3) is 0 Å². The van der Waals surface area contributed by atoms with E-state index in [1.807, 2.05) is 30.3 Å².